The van der Waals surface area contributed by atoms with E-state index in [1.807, 2.05) is 6.92 Å². The van der Waals surface area contributed by atoms with E-state index in [9.17, 15) is 45.4 Å². The summed E-state index contributed by atoms with van der Waals surface area (Å²) in [5, 5.41) is 9.54. The first-order chi connectivity index (χ1) is 23.7. The Bertz CT molecular complexity index is 1820. The summed E-state index contributed by atoms with van der Waals surface area (Å²) in [6, 6.07) is 13.6. The van der Waals surface area contributed by atoms with Gasteiger partial charge in [0.1, 0.15) is 12.4 Å². The normalized spacial score (nSPS) is 22.6. The number of alkyl halides is 6. The van der Waals surface area contributed by atoms with Gasteiger partial charge in [-0.2, -0.15) is 26.3 Å². The van der Waals surface area contributed by atoms with Gasteiger partial charge in [-0.05, 0) is 84.9 Å². The van der Waals surface area contributed by atoms with Crippen LogP contribution in [0.25, 0.3) is 6.08 Å². The minimum absolute atomic E-state index is 0.00137. The van der Waals surface area contributed by atoms with Crippen LogP contribution in [0.5, 0.6) is 11.5 Å². The van der Waals surface area contributed by atoms with Crippen molar-refractivity contribution in [1.29, 1.82) is 0 Å². The van der Waals surface area contributed by atoms with E-state index in [0.717, 1.165) is 11.1 Å². The lowest BCUT2D eigenvalue weighted by Gasteiger charge is -2.31. The summed E-state index contributed by atoms with van der Waals surface area (Å²) < 4.78 is 108. The number of ether oxygens (including phenoxy) is 2. The molecule has 6 rings (SSSR count). The number of fused-ring (bicyclic) bond motifs is 3. The standard InChI is InChI=1S/C37H32F7NO5/c1-2-20(12-21-8-10-30(46)29(38)13-21)9-11-31-32-22(18-49-26-6-4-3-5-7-26)14-27-33(28(32)19-50-31)35(48)45(34(27)47)25-16-23(36(39,40)41)15-24(17-25)37(42,43)44/h3-8,10,12-13,15-17,27-28,31,33,46H,2,9,11,14,18-19H2,1H3/b20-12+/t27-,28+,31-,33-/m1/s1. The molecule has 1 N–H and O–H groups in total. The lowest BCUT2D eigenvalue weighted by atomic mass is 9.69. The maximum Gasteiger partial charge on any atom is 0.416 e. The molecule has 2 amide bonds. The molecule has 2 aliphatic heterocycles. The lowest BCUT2D eigenvalue weighted by molar-refractivity contribution is -0.143. The average molecular weight is 704 g/mol. The highest BCUT2D eigenvalue weighted by Crippen LogP contribution is 2.51. The number of nitrogens with zero attached hydrogens (tertiary/aromatic N) is 1. The molecule has 3 aromatic carbocycles. The molecular formula is C37H32F7NO5. The second-order valence-corrected chi connectivity index (χ2v) is 12.6. The van der Waals surface area contributed by atoms with E-state index < -0.39 is 76.4 Å². The highest BCUT2D eigenvalue weighted by atomic mass is 19.4. The molecule has 0 unspecified atom stereocenters. The molecule has 13 heteroatoms. The van der Waals surface area contributed by atoms with Gasteiger partial charge in [0.05, 0.1) is 41.4 Å². The zero-order chi connectivity index (χ0) is 36.0. The zero-order valence-corrected chi connectivity index (χ0v) is 26.7. The number of aromatic hydroxyl groups is 1. The molecule has 264 valence electrons. The molecule has 0 bridgehead atoms. The number of anilines is 1. The van der Waals surface area contributed by atoms with Gasteiger partial charge in [-0.1, -0.05) is 42.8 Å². The average Bonchev–Trinajstić information content (AvgIpc) is 3.60. The zero-order valence-electron chi connectivity index (χ0n) is 26.7. The smallest absolute Gasteiger partial charge is 0.416 e. The number of phenols is 1. The van der Waals surface area contributed by atoms with Crippen LogP contribution in [0, 0.1) is 23.6 Å². The highest BCUT2D eigenvalue weighted by Gasteiger charge is 2.57. The molecular weight excluding hydrogens is 671 g/mol. The van der Waals surface area contributed by atoms with E-state index in [1.54, 1.807) is 42.5 Å². The Morgan fingerprint density at radius 2 is 1.62 bits per heavy atom. The van der Waals surface area contributed by atoms with E-state index in [4.69, 9.17) is 9.47 Å². The molecule has 0 saturated carbocycles. The molecule has 6 nitrogen and oxygen atoms in total. The van der Waals surface area contributed by atoms with Crippen molar-refractivity contribution >= 4 is 23.6 Å². The molecule has 0 spiro atoms. The Hall–Kier alpha value is -4.65. The first kappa shape index (κ1) is 35.2. The summed E-state index contributed by atoms with van der Waals surface area (Å²) in [6.45, 7) is 1.96. The second kappa shape index (κ2) is 13.6. The summed E-state index contributed by atoms with van der Waals surface area (Å²) in [7, 11) is 0. The maximum atomic E-state index is 14.0. The molecule has 0 radical (unpaired) electrons. The molecule has 2 saturated heterocycles. The fourth-order valence-electron chi connectivity index (χ4n) is 7.13. The Labute approximate surface area is 282 Å². The summed E-state index contributed by atoms with van der Waals surface area (Å²) in [5.41, 5.74) is -1.15. The molecule has 3 aromatic rings. The highest BCUT2D eigenvalue weighted by molar-refractivity contribution is 6.22. The van der Waals surface area contributed by atoms with Crippen LogP contribution < -0.4 is 9.64 Å². The van der Waals surface area contributed by atoms with Crippen LogP contribution >= 0.6 is 0 Å². The van der Waals surface area contributed by atoms with Gasteiger partial charge in [-0.3, -0.25) is 9.59 Å². The fourth-order valence-corrected chi connectivity index (χ4v) is 7.13. The number of carbonyl (C=O) groups is 2. The maximum absolute atomic E-state index is 14.0. The number of benzene rings is 3. The Morgan fingerprint density at radius 3 is 2.24 bits per heavy atom. The van der Waals surface area contributed by atoms with E-state index in [2.05, 4.69) is 0 Å². The quantitative estimate of drug-likeness (QED) is 0.137. The van der Waals surface area contributed by atoms with Crippen molar-refractivity contribution in [2.45, 2.75) is 51.1 Å². The number of rotatable bonds is 9. The van der Waals surface area contributed by atoms with Crippen molar-refractivity contribution in [2.24, 2.45) is 17.8 Å². The van der Waals surface area contributed by atoms with Crippen LogP contribution in [-0.2, 0) is 26.7 Å². The van der Waals surface area contributed by atoms with Gasteiger partial charge < -0.3 is 14.6 Å². The number of hydrogen-bond acceptors (Lipinski definition) is 5. The Balaban J connectivity index is 1.32. The largest absolute Gasteiger partial charge is 0.505 e. The number of phenolic OH excluding ortho intramolecular Hbond substituents is 1. The second-order valence-electron chi connectivity index (χ2n) is 12.6. The van der Waals surface area contributed by atoms with Gasteiger partial charge in [0.2, 0.25) is 11.8 Å². The molecule has 50 heavy (non-hydrogen) atoms. The third-order valence-electron chi connectivity index (χ3n) is 9.52. The van der Waals surface area contributed by atoms with Crippen molar-refractivity contribution < 1.29 is 54.9 Å². The number of carbonyl (C=O) groups excluding carboxylic acids is 2. The monoisotopic (exact) mass is 703 g/mol. The van der Waals surface area contributed by atoms with Gasteiger partial charge in [-0.25, -0.2) is 9.29 Å². The number of allylic oxidation sites excluding steroid dienone is 1. The molecule has 1 aliphatic carbocycles. The predicted molar refractivity (Wildman–Crippen MR) is 168 cm³/mol. The summed E-state index contributed by atoms with van der Waals surface area (Å²) in [4.78, 5) is 28.2. The Kier molecular flexibility index (Phi) is 9.55. The lowest BCUT2D eigenvalue weighted by Crippen LogP contribution is -2.35. The van der Waals surface area contributed by atoms with Crippen molar-refractivity contribution in [3.63, 3.8) is 0 Å². The fraction of sp³-hybridized carbons (Fsp3) is 0.351. The number of hydrogen-bond donors (Lipinski definition) is 1. The van der Waals surface area contributed by atoms with Crippen molar-refractivity contribution in [2.75, 3.05) is 18.1 Å². The minimum atomic E-state index is -5.17. The number of amides is 2. The van der Waals surface area contributed by atoms with E-state index in [-0.39, 0.29) is 25.7 Å². The van der Waals surface area contributed by atoms with Crippen molar-refractivity contribution in [3.05, 3.63) is 106 Å². The SMILES string of the molecule is CC/C(=C\c1ccc(O)c(F)c1)CC[C@H]1OC[C@H]2C1=C(COc1ccccc1)C[C@H]1C(=O)N(c3cc(C(F)(F)F)cc(C(F)(F)F)c3)C(=O)[C@H]12. The van der Waals surface area contributed by atoms with Crippen molar-refractivity contribution in [1.82, 2.24) is 0 Å². The first-order valence-corrected chi connectivity index (χ1v) is 16.0. The third kappa shape index (κ3) is 7.01. The molecule has 4 atom stereocenters. The molecule has 3 aliphatic rings. The summed E-state index contributed by atoms with van der Waals surface area (Å²) in [5.74, 6) is -5.24. The van der Waals surface area contributed by atoms with E-state index in [0.29, 0.717) is 53.2 Å². The topological polar surface area (TPSA) is 76.1 Å². The van der Waals surface area contributed by atoms with Crippen LogP contribution in [0.4, 0.5) is 36.4 Å². The van der Waals surface area contributed by atoms with Gasteiger partial charge in [0.25, 0.3) is 0 Å². The van der Waals surface area contributed by atoms with Gasteiger partial charge >= 0.3 is 12.4 Å². The first-order valence-electron chi connectivity index (χ1n) is 16.0. The molecule has 2 heterocycles. The van der Waals surface area contributed by atoms with Gasteiger partial charge in [0, 0.05) is 5.92 Å². The number of imide groups is 1. The van der Waals surface area contributed by atoms with Crippen LogP contribution in [0.2, 0.25) is 0 Å². The van der Waals surface area contributed by atoms with E-state index in [1.165, 1.54) is 12.1 Å². The Morgan fingerprint density at radius 1 is 0.940 bits per heavy atom. The van der Waals surface area contributed by atoms with Gasteiger partial charge in [0.15, 0.2) is 11.6 Å². The summed E-state index contributed by atoms with van der Waals surface area (Å²) in [6.07, 6.45) is -7.49. The third-order valence-corrected chi connectivity index (χ3v) is 9.52. The van der Waals surface area contributed by atoms with Crippen LogP contribution in [0.15, 0.2) is 83.4 Å². The molecule has 0 aromatic heterocycles. The van der Waals surface area contributed by atoms with E-state index >= 15 is 0 Å². The van der Waals surface area contributed by atoms with Crippen LogP contribution in [0.3, 0.4) is 0 Å². The van der Waals surface area contributed by atoms with Crippen molar-refractivity contribution in [3.8, 4) is 11.5 Å². The van der Waals surface area contributed by atoms with Crippen LogP contribution in [-0.4, -0.2) is 36.2 Å². The number of halogens is 7. The number of para-hydroxylation sites is 1. The van der Waals surface area contributed by atoms with Gasteiger partial charge in [-0.15, -0.1) is 0 Å². The minimum Gasteiger partial charge on any atom is -0.505 e. The summed E-state index contributed by atoms with van der Waals surface area (Å²) >= 11 is 0. The molecule has 2 fully saturated rings. The van der Waals surface area contributed by atoms with Crippen LogP contribution in [0.1, 0.15) is 49.3 Å². The predicted octanol–water partition coefficient (Wildman–Crippen LogP) is 8.74.